The number of aromatic nitrogens is 1. The van der Waals surface area contributed by atoms with Gasteiger partial charge in [-0.3, -0.25) is 4.79 Å². The van der Waals surface area contributed by atoms with Crippen LogP contribution < -0.4 is 5.32 Å². The Morgan fingerprint density at radius 1 is 1.12 bits per heavy atom. The lowest BCUT2D eigenvalue weighted by Crippen LogP contribution is -2.39. The van der Waals surface area contributed by atoms with Crippen LogP contribution in [0.3, 0.4) is 0 Å². The third-order valence-electron chi connectivity index (χ3n) is 5.92. The van der Waals surface area contributed by atoms with E-state index in [2.05, 4.69) is 5.32 Å². The summed E-state index contributed by atoms with van der Waals surface area (Å²) in [6, 6.07) is 12.5. The van der Waals surface area contributed by atoms with Crippen molar-refractivity contribution in [2.45, 2.75) is 51.6 Å². The molecule has 9 heteroatoms. The second-order valence-corrected chi connectivity index (χ2v) is 8.19. The highest BCUT2D eigenvalue weighted by Gasteiger charge is 2.33. The molecule has 6 nitrogen and oxygen atoms in total. The van der Waals surface area contributed by atoms with Gasteiger partial charge in [-0.15, -0.1) is 0 Å². The summed E-state index contributed by atoms with van der Waals surface area (Å²) in [5.74, 6) is -0.452. The first-order valence-corrected chi connectivity index (χ1v) is 11.1. The molecule has 1 aromatic heterocycles. The molecule has 0 bridgehead atoms. The van der Waals surface area contributed by atoms with Gasteiger partial charge >= 0.3 is 18.2 Å². The Kier molecular flexibility index (Phi) is 6.81. The van der Waals surface area contributed by atoms with Crippen LogP contribution in [-0.4, -0.2) is 29.3 Å². The fourth-order valence-corrected chi connectivity index (χ4v) is 4.40. The first-order valence-electron chi connectivity index (χ1n) is 11.1. The molecule has 1 aliphatic carbocycles. The molecule has 0 saturated carbocycles. The monoisotopic (exact) mass is 474 g/mol. The van der Waals surface area contributed by atoms with Crippen LogP contribution in [-0.2, 0) is 46.4 Å². The Bertz CT molecular complexity index is 1190. The van der Waals surface area contributed by atoms with E-state index >= 15 is 0 Å². The minimum absolute atomic E-state index is 0.0811. The van der Waals surface area contributed by atoms with Gasteiger partial charge in [-0.1, -0.05) is 30.3 Å². The van der Waals surface area contributed by atoms with Crippen molar-refractivity contribution in [2.75, 3.05) is 6.61 Å². The van der Waals surface area contributed by atoms with E-state index in [9.17, 15) is 22.8 Å². The zero-order valence-corrected chi connectivity index (χ0v) is 18.7. The van der Waals surface area contributed by atoms with E-state index in [1.807, 2.05) is 30.3 Å². The third-order valence-corrected chi connectivity index (χ3v) is 5.92. The van der Waals surface area contributed by atoms with E-state index < -0.39 is 23.8 Å². The van der Waals surface area contributed by atoms with E-state index in [-0.39, 0.29) is 25.8 Å². The maximum atomic E-state index is 13.4. The molecule has 0 spiro atoms. The van der Waals surface area contributed by atoms with Crippen LogP contribution >= 0.6 is 0 Å². The van der Waals surface area contributed by atoms with Gasteiger partial charge in [0.1, 0.15) is 13.2 Å². The molecule has 2 aromatic carbocycles. The minimum Gasteiger partial charge on any atom is -0.465 e. The molecule has 1 atom stereocenters. The van der Waals surface area contributed by atoms with Crippen molar-refractivity contribution in [2.24, 2.45) is 0 Å². The van der Waals surface area contributed by atoms with E-state index in [0.717, 1.165) is 23.4 Å². The highest BCUT2D eigenvalue weighted by atomic mass is 19.4. The summed E-state index contributed by atoms with van der Waals surface area (Å²) in [5, 5.41) is 3.25. The molecule has 1 aliphatic rings. The predicted octanol–water partition coefficient (Wildman–Crippen LogP) is 5.01. The van der Waals surface area contributed by atoms with Crippen LogP contribution in [0.1, 0.15) is 35.7 Å². The quantitative estimate of drug-likeness (QED) is 0.510. The molecular formula is C25H25F3N2O4. The second kappa shape index (κ2) is 9.79. The Labute approximate surface area is 194 Å². The molecule has 0 radical (unpaired) electrons. The summed E-state index contributed by atoms with van der Waals surface area (Å²) in [7, 11) is 0. The average Bonchev–Trinajstić information content (AvgIpc) is 3.10. The molecule has 4 rings (SSSR count). The fourth-order valence-electron chi connectivity index (χ4n) is 4.40. The molecule has 34 heavy (non-hydrogen) atoms. The molecule has 0 fully saturated rings. The molecule has 1 unspecified atom stereocenters. The topological polar surface area (TPSA) is 69.6 Å². The maximum absolute atomic E-state index is 13.4. The van der Waals surface area contributed by atoms with Crippen LogP contribution in [0, 0.1) is 0 Å². The Morgan fingerprint density at radius 3 is 2.59 bits per heavy atom. The maximum Gasteiger partial charge on any atom is 0.416 e. The van der Waals surface area contributed by atoms with Gasteiger partial charge in [-0.05, 0) is 55.5 Å². The van der Waals surface area contributed by atoms with E-state index in [1.54, 1.807) is 11.5 Å². The van der Waals surface area contributed by atoms with Crippen molar-refractivity contribution in [1.29, 1.82) is 0 Å². The van der Waals surface area contributed by atoms with Crippen molar-refractivity contribution >= 4 is 23.0 Å². The Morgan fingerprint density at radius 2 is 1.88 bits per heavy atom. The molecule has 1 N–H and O–H groups in total. The van der Waals surface area contributed by atoms with E-state index in [0.29, 0.717) is 35.7 Å². The van der Waals surface area contributed by atoms with Gasteiger partial charge in [0, 0.05) is 22.6 Å². The second-order valence-electron chi connectivity index (χ2n) is 8.19. The number of hydrogen-bond acceptors (Lipinski definition) is 4. The van der Waals surface area contributed by atoms with E-state index in [4.69, 9.17) is 9.47 Å². The molecule has 1 amide bonds. The number of hydrogen-bond donors (Lipinski definition) is 1. The number of amides is 1. The fraction of sp³-hybridized carbons (Fsp3) is 0.360. The molecule has 0 saturated heterocycles. The van der Waals surface area contributed by atoms with Crippen LogP contribution in [0.25, 0.3) is 10.9 Å². The summed E-state index contributed by atoms with van der Waals surface area (Å²) >= 11 is 0. The van der Waals surface area contributed by atoms with Gasteiger partial charge in [0.15, 0.2) is 0 Å². The number of nitrogens with one attached hydrogen (secondary N) is 1. The zero-order chi connectivity index (χ0) is 24.3. The Hall–Kier alpha value is -3.49. The van der Waals surface area contributed by atoms with Crippen LogP contribution in [0.15, 0.2) is 48.5 Å². The van der Waals surface area contributed by atoms with Gasteiger partial charge in [-0.25, -0.2) is 4.79 Å². The largest absolute Gasteiger partial charge is 0.465 e. The first-order chi connectivity index (χ1) is 16.3. The predicted molar refractivity (Wildman–Crippen MR) is 119 cm³/mol. The van der Waals surface area contributed by atoms with Gasteiger partial charge in [0.25, 0.3) is 0 Å². The highest BCUT2D eigenvalue weighted by Crippen LogP contribution is 2.37. The van der Waals surface area contributed by atoms with Crippen molar-refractivity contribution in [3.05, 3.63) is 70.9 Å². The van der Waals surface area contributed by atoms with Crippen molar-refractivity contribution in [3.8, 4) is 0 Å². The zero-order valence-electron chi connectivity index (χ0n) is 18.7. The number of carbonyl (C=O) groups is 2. The number of carbonyl (C=O) groups excluding carboxylic acids is 2. The van der Waals surface area contributed by atoms with Crippen LogP contribution in [0.2, 0.25) is 0 Å². The SMILES string of the molecule is CCOC(=O)Cn1c2c(c3cc(C(F)(F)F)ccc31)CC(NC(=O)OCc1ccccc1)CC2. The van der Waals surface area contributed by atoms with Crippen molar-refractivity contribution in [3.63, 3.8) is 0 Å². The smallest absolute Gasteiger partial charge is 0.416 e. The molecular weight excluding hydrogens is 449 g/mol. The lowest BCUT2D eigenvalue weighted by atomic mass is 9.91. The lowest BCUT2D eigenvalue weighted by molar-refractivity contribution is -0.143. The van der Waals surface area contributed by atoms with E-state index in [1.165, 1.54) is 6.07 Å². The summed E-state index contributed by atoms with van der Waals surface area (Å²) < 4.78 is 52.2. The van der Waals surface area contributed by atoms with Gasteiger partial charge in [0.2, 0.25) is 0 Å². The highest BCUT2D eigenvalue weighted by molar-refractivity contribution is 5.88. The first kappa shape index (κ1) is 23.7. The minimum atomic E-state index is -4.49. The van der Waals surface area contributed by atoms with Crippen LogP contribution in [0.4, 0.5) is 18.0 Å². The number of ether oxygens (including phenoxy) is 2. The number of fused-ring (bicyclic) bond motifs is 3. The summed E-state index contributed by atoms with van der Waals surface area (Å²) in [6.45, 7) is 1.96. The summed E-state index contributed by atoms with van der Waals surface area (Å²) in [6.07, 6.45) is -3.67. The number of alkyl halides is 3. The number of benzene rings is 2. The van der Waals surface area contributed by atoms with Crippen molar-refractivity contribution < 1.29 is 32.2 Å². The lowest BCUT2D eigenvalue weighted by Gasteiger charge is -2.24. The molecule has 3 aromatic rings. The van der Waals surface area contributed by atoms with Crippen molar-refractivity contribution in [1.82, 2.24) is 9.88 Å². The molecule has 180 valence electrons. The van der Waals surface area contributed by atoms with Crippen LogP contribution in [0.5, 0.6) is 0 Å². The normalized spacial score (nSPS) is 15.6. The summed E-state index contributed by atoms with van der Waals surface area (Å²) in [5.41, 5.74) is 2.13. The molecule has 1 heterocycles. The average molecular weight is 474 g/mol. The number of alkyl carbamates (subject to hydrolysis) is 1. The Balaban J connectivity index is 1.57. The molecule has 0 aliphatic heterocycles. The summed E-state index contributed by atoms with van der Waals surface area (Å²) in [4.78, 5) is 24.5. The van der Waals surface area contributed by atoms with Gasteiger partial charge < -0.3 is 19.4 Å². The van der Waals surface area contributed by atoms with Gasteiger partial charge in [-0.2, -0.15) is 13.2 Å². The van der Waals surface area contributed by atoms with Gasteiger partial charge in [0.05, 0.1) is 12.2 Å². The number of nitrogens with zero attached hydrogens (tertiary/aromatic N) is 1. The standard InChI is InChI=1S/C25H25F3N2O4/c1-2-33-23(31)14-30-21-10-8-17(25(26,27)28)12-19(21)20-13-18(9-11-22(20)30)29-24(32)34-15-16-6-4-3-5-7-16/h3-8,10,12,18H,2,9,11,13-15H2,1H3,(H,29,32). The number of rotatable bonds is 6. The number of esters is 1. The number of halogens is 3. The third kappa shape index (κ3) is 5.18.